The molecule has 0 amide bonds. The molecule has 2 rings (SSSR count). The van der Waals surface area contributed by atoms with Gasteiger partial charge in [0.15, 0.2) is 11.5 Å². The zero-order chi connectivity index (χ0) is 13.8. The van der Waals surface area contributed by atoms with E-state index in [0.717, 1.165) is 5.56 Å². The highest BCUT2D eigenvalue weighted by atomic mass is 16.5. The van der Waals surface area contributed by atoms with E-state index < -0.39 is 5.97 Å². The van der Waals surface area contributed by atoms with E-state index in [4.69, 9.17) is 14.6 Å². The van der Waals surface area contributed by atoms with Crippen molar-refractivity contribution < 1.29 is 19.4 Å². The molecule has 0 aromatic heterocycles. The summed E-state index contributed by atoms with van der Waals surface area (Å²) in [5, 5.41) is 8.82. The SMILES string of the molecule is COc1c(C)cccc1Oc1ccc(C(=O)O)cc1. The smallest absolute Gasteiger partial charge is 0.335 e. The molecule has 0 bridgehead atoms. The number of methoxy groups -OCH3 is 1. The summed E-state index contributed by atoms with van der Waals surface area (Å²) in [7, 11) is 1.59. The molecule has 1 N–H and O–H groups in total. The summed E-state index contributed by atoms with van der Waals surface area (Å²) in [5.74, 6) is 0.879. The Hall–Kier alpha value is -2.49. The number of carboxylic acids is 1. The molecule has 0 aliphatic rings. The molecule has 2 aromatic carbocycles. The molecular formula is C15H14O4. The van der Waals surface area contributed by atoms with Gasteiger partial charge in [0.05, 0.1) is 12.7 Å². The minimum Gasteiger partial charge on any atom is -0.493 e. The molecule has 0 fully saturated rings. The van der Waals surface area contributed by atoms with Gasteiger partial charge in [-0.1, -0.05) is 12.1 Å². The van der Waals surface area contributed by atoms with Crippen LogP contribution < -0.4 is 9.47 Å². The van der Waals surface area contributed by atoms with Gasteiger partial charge in [0.2, 0.25) is 0 Å². The minimum absolute atomic E-state index is 0.226. The molecule has 0 saturated carbocycles. The van der Waals surface area contributed by atoms with Crippen LogP contribution in [0.15, 0.2) is 42.5 Å². The van der Waals surface area contributed by atoms with Gasteiger partial charge in [0.1, 0.15) is 5.75 Å². The number of aryl methyl sites for hydroxylation is 1. The highest BCUT2D eigenvalue weighted by Crippen LogP contribution is 2.33. The summed E-state index contributed by atoms with van der Waals surface area (Å²) in [5.41, 5.74) is 1.20. The third-order valence-corrected chi connectivity index (χ3v) is 2.71. The maximum Gasteiger partial charge on any atom is 0.335 e. The number of carbonyl (C=O) groups is 1. The number of para-hydroxylation sites is 1. The van der Waals surface area contributed by atoms with Crippen LogP contribution in [-0.2, 0) is 0 Å². The molecule has 98 valence electrons. The van der Waals surface area contributed by atoms with Crippen LogP contribution in [0.2, 0.25) is 0 Å². The van der Waals surface area contributed by atoms with Crippen LogP contribution >= 0.6 is 0 Å². The first kappa shape index (κ1) is 13.0. The zero-order valence-electron chi connectivity index (χ0n) is 10.7. The summed E-state index contributed by atoms with van der Waals surface area (Å²) >= 11 is 0. The maximum atomic E-state index is 10.8. The van der Waals surface area contributed by atoms with E-state index >= 15 is 0 Å². The Balaban J connectivity index is 2.26. The Morgan fingerprint density at radius 1 is 1.11 bits per heavy atom. The van der Waals surface area contributed by atoms with Gasteiger partial charge in [0, 0.05) is 0 Å². The molecule has 0 heterocycles. The Kier molecular flexibility index (Phi) is 3.71. The van der Waals surface area contributed by atoms with Crippen molar-refractivity contribution >= 4 is 5.97 Å². The van der Waals surface area contributed by atoms with Crippen molar-refractivity contribution in [3.63, 3.8) is 0 Å². The van der Waals surface area contributed by atoms with Crippen molar-refractivity contribution in [2.24, 2.45) is 0 Å². The number of rotatable bonds is 4. The maximum absolute atomic E-state index is 10.8. The van der Waals surface area contributed by atoms with Gasteiger partial charge in [-0.25, -0.2) is 4.79 Å². The van der Waals surface area contributed by atoms with E-state index in [2.05, 4.69) is 0 Å². The van der Waals surface area contributed by atoms with E-state index in [1.165, 1.54) is 12.1 Å². The summed E-state index contributed by atoms with van der Waals surface area (Å²) in [6.07, 6.45) is 0. The molecule has 0 spiro atoms. The molecule has 4 heteroatoms. The average Bonchev–Trinajstić information content (AvgIpc) is 2.39. The number of benzene rings is 2. The number of hydrogen-bond donors (Lipinski definition) is 1. The topological polar surface area (TPSA) is 55.8 Å². The number of ether oxygens (including phenoxy) is 2. The van der Waals surface area contributed by atoms with Crippen LogP contribution in [0.4, 0.5) is 0 Å². The number of carboxylic acid groups (broad SMARTS) is 1. The standard InChI is InChI=1S/C15H14O4/c1-10-4-3-5-13(14(10)18-2)19-12-8-6-11(7-9-12)15(16)17/h3-9H,1-2H3,(H,16,17). The third kappa shape index (κ3) is 2.85. The van der Waals surface area contributed by atoms with Gasteiger partial charge < -0.3 is 14.6 Å². The van der Waals surface area contributed by atoms with Gasteiger partial charge in [-0.05, 0) is 42.8 Å². The highest BCUT2D eigenvalue weighted by Gasteiger charge is 2.08. The molecule has 4 nitrogen and oxygen atoms in total. The average molecular weight is 258 g/mol. The fourth-order valence-electron chi connectivity index (χ4n) is 1.76. The van der Waals surface area contributed by atoms with Gasteiger partial charge in [-0.3, -0.25) is 0 Å². The summed E-state index contributed by atoms with van der Waals surface area (Å²) < 4.78 is 11.0. The second-order valence-corrected chi connectivity index (χ2v) is 4.04. The summed E-state index contributed by atoms with van der Waals surface area (Å²) in [6, 6.07) is 11.8. The van der Waals surface area contributed by atoms with Crippen molar-refractivity contribution in [3.8, 4) is 17.2 Å². The number of aromatic carboxylic acids is 1. The molecule has 0 aliphatic heterocycles. The van der Waals surface area contributed by atoms with E-state index in [1.54, 1.807) is 25.3 Å². The zero-order valence-corrected chi connectivity index (χ0v) is 10.7. The molecule has 0 saturated heterocycles. The quantitative estimate of drug-likeness (QED) is 0.912. The summed E-state index contributed by atoms with van der Waals surface area (Å²) in [6.45, 7) is 1.93. The molecule has 19 heavy (non-hydrogen) atoms. The second-order valence-electron chi connectivity index (χ2n) is 4.04. The van der Waals surface area contributed by atoms with Crippen LogP contribution in [0.5, 0.6) is 17.2 Å². The molecule has 0 atom stereocenters. The van der Waals surface area contributed by atoms with E-state index in [0.29, 0.717) is 17.2 Å². The normalized spacial score (nSPS) is 10.0. The first-order chi connectivity index (χ1) is 9.11. The van der Waals surface area contributed by atoms with Crippen LogP contribution in [0.25, 0.3) is 0 Å². The first-order valence-corrected chi connectivity index (χ1v) is 5.76. The van der Waals surface area contributed by atoms with Crippen LogP contribution in [-0.4, -0.2) is 18.2 Å². The Bertz CT molecular complexity index is 588. The Morgan fingerprint density at radius 2 is 1.79 bits per heavy atom. The van der Waals surface area contributed by atoms with Crippen molar-refractivity contribution in [3.05, 3.63) is 53.6 Å². The van der Waals surface area contributed by atoms with Crippen LogP contribution in [0.3, 0.4) is 0 Å². The minimum atomic E-state index is -0.959. The predicted molar refractivity (Wildman–Crippen MR) is 71.2 cm³/mol. The van der Waals surface area contributed by atoms with Crippen molar-refractivity contribution in [2.75, 3.05) is 7.11 Å². The monoisotopic (exact) mass is 258 g/mol. The predicted octanol–water partition coefficient (Wildman–Crippen LogP) is 3.49. The Morgan fingerprint density at radius 3 is 2.37 bits per heavy atom. The van der Waals surface area contributed by atoms with Crippen molar-refractivity contribution in [1.82, 2.24) is 0 Å². The lowest BCUT2D eigenvalue weighted by Gasteiger charge is -2.12. The highest BCUT2D eigenvalue weighted by molar-refractivity contribution is 5.87. The first-order valence-electron chi connectivity index (χ1n) is 5.76. The fourth-order valence-corrected chi connectivity index (χ4v) is 1.76. The fraction of sp³-hybridized carbons (Fsp3) is 0.133. The largest absolute Gasteiger partial charge is 0.493 e. The van der Waals surface area contributed by atoms with Crippen LogP contribution in [0.1, 0.15) is 15.9 Å². The molecule has 0 aliphatic carbocycles. The Labute approximate surface area is 111 Å². The third-order valence-electron chi connectivity index (χ3n) is 2.71. The lowest BCUT2D eigenvalue weighted by molar-refractivity contribution is 0.0697. The van der Waals surface area contributed by atoms with E-state index in [1.807, 2.05) is 19.1 Å². The van der Waals surface area contributed by atoms with Gasteiger partial charge in [-0.15, -0.1) is 0 Å². The summed E-state index contributed by atoms with van der Waals surface area (Å²) in [4.78, 5) is 10.8. The van der Waals surface area contributed by atoms with E-state index in [9.17, 15) is 4.79 Å². The van der Waals surface area contributed by atoms with E-state index in [-0.39, 0.29) is 5.56 Å². The van der Waals surface area contributed by atoms with Crippen molar-refractivity contribution in [2.45, 2.75) is 6.92 Å². The molecule has 0 radical (unpaired) electrons. The van der Waals surface area contributed by atoms with Gasteiger partial charge in [0.25, 0.3) is 0 Å². The lowest BCUT2D eigenvalue weighted by atomic mass is 10.2. The van der Waals surface area contributed by atoms with Gasteiger partial charge in [-0.2, -0.15) is 0 Å². The second kappa shape index (κ2) is 5.44. The van der Waals surface area contributed by atoms with Gasteiger partial charge >= 0.3 is 5.97 Å². The molecular weight excluding hydrogens is 244 g/mol. The lowest BCUT2D eigenvalue weighted by Crippen LogP contribution is -1.96. The molecule has 2 aromatic rings. The molecule has 0 unspecified atom stereocenters. The number of hydrogen-bond acceptors (Lipinski definition) is 3. The van der Waals surface area contributed by atoms with Crippen molar-refractivity contribution in [1.29, 1.82) is 0 Å². The van der Waals surface area contributed by atoms with Crippen LogP contribution in [0, 0.1) is 6.92 Å².